The smallest absolute Gasteiger partial charge is 0.166 e. The van der Waals surface area contributed by atoms with E-state index in [0.29, 0.717) is 38.8 Å². The van der Waals surface area contributed by atoms with Crippen molar-refractivity contribution in [2.45, 2.75) is 12.8 Å². The fourth-order valence-electron chi connectivity index (χ4n) is 3.88. The Morgan fingerprint density at radius 3 is 2.50 bits per heavy atom. The highest BCUT2D eigenvalue weighted by atomic mass is 16.6. The molecule has 2 aliphatic rings. The molecule has 4 rings (SSSR count). The Balaban J connectivity index is 1.13. The molecule has 6 heteroatoms. The molecule has 0 saturated carbocycles. The first kappa shape index (κ1) is 20.7. The van der Waals surface area contributed by atoms with Crippen LogP contribution in [0.4, 0.5) is 0 Å². The van der Waals surface area contributed by atoms with Crippen LogP contribution in [-0.4, -0.2) is 63.4 Å². The Hall–Kier alpha value is -2.57. The minimum Gasteiger partial charge on any atom is -0.491 e. The van der Waals surface area contributed by atoms with Crippen molar-refractivity contribution >= 4 is 5.78 Å². The number of rotatable bonds is 9. The predicted octanol–water partition coefficient (Wildman–Crippen LogP) is 3.45. The van der Waals surface area contributed by atoms with Crippen LogP contribution >= 0.6 is 0 Å². The van der Waals surface area contributed by atoms with E-state index in [1.165, 1.54) is 0 Å². The molecule has 0 radical (unpaired) electrons. The number of Topliss-reactive ketones (excluding diaryl/α,β-unsaturated/α-hetero) is 1. The molecule has 0 aromatic heterocycles. The van der Waals surface area contributed by atoms with E-state index >= 15 is 0 Å². The summed E-state index contributed by atoms with van der Waals surface area (Å²) in [7, 11) is 0. The van der Waals surface area contributed by atoms with Gasteiger partial charge in [0, 0.05) is 18.0 Å². The zero-order valence-electron chi connectivity index (χ0n) is 17.3. The van der Waals surface area contributed by atoms with Gasteiger partial charge in [-0.05, 0) is 56.3 Å². The van der Waals surface area contributed by atoms with E-state index in [1.54, 1.807) is 0 Å². The normalized spacial score (nSPS) is 16.9. The van der Waals surface area contributed by atoms with E-state index < -0.39 is 0 Å². The van der Waals surface area contributed by atoms with Crippen molar-refractivity contribution in [2.75, 3.05) is 52.7 Å². The number of nitrogens with zero attached hydrogens (tertiary/aromatic N) is 1. The highest BCUT2D eigenvalue weighted by Gasteiger charge is 2.26. The molecule has 0 unspecified atom stereocenters. The molecule has 30 heavy (non-hydrogen) atoms. The maximum Gasteiger partial charge on any atom is 0.166 e. The van der Waals surface area contributed by atoms with Crippen LogP contribution in [0.5, 0.6) is 17.2 Å². The van der Waals surface area contributed by atoms with E-state index in [1.807, 2.05) is 48.5 Å². The topological polar surface area (TPSA) is 57.2 Å². The number of benzene rings is 2. The Morgan fingerprint density at radius 1 is 0.933 bits per heavy atom. The second-order valence-electron chi connectivity index (χ2n) is 7.61. The fourth-order valence-corrected chi connectivity index (χ4v) is 3.88. The summed E-state index contributed by atoms with van der Waals surface area (Å²) in [5.41, 5.74) is 0.722. The van der Waals surface area contributed by atoms with Crippen molar-refractivity contribution in [3.05, 3.63) is 54.1 Å². The zero-order valence-corrected chi connectivity index (χ0v) is 17.3. The van der Waals surface area contributed by atoms with Crippen LogP contribution in [-0.2, 0) is 4.74 Å². The standard InChI is InChI=1S/C24H29NO5/c26-24(20-6-7-22-23(18-20)30-17-16-29-22)19-8-10-25(11-9-19)12-13-27-14-15-28-21-4-2-1-3-5-21/h1-7,18-19H,8-17H2. The fraction of sp³-hybridized carbons (Fsp3) is 0.458. The van der Waals surface area contributed by atoms with Gasteiger partial charge in [0.05, 0.1) is 13.2 Å². The third kappa shape index (κ3) is 5.52. The van der Waals surface area contributed by atoms with Crippen molar-refractivity contribution in [3.63, 3.8) is 0 Å². The largest absolute Gasteiger partial charge is 0.491 e. The van der Waals surface area contributed by atoms with Gasteiger partial charge >= 0.3 is 0 Å². The lowest BCUT2D eigenvalue weighted by atomic mass is 9.88. The van der Waals surface area contributed by atoms with Gasteiger partial charge in [0.25, 0.3) is 0 Å². The summed E-state index contributed by atoms with van der Waals surface area (Å²) in [5.74, 6) is 2.55. The maximum atomic E-state index is 12.9. The number of hydrogen-bond donors (Lipinski definition) is 0. The number of ether oxygens (including phenoxy) is 4. The highest BCUT2D eigenvalue weighted by Crippen LogP contribution is 2.32. The number of ketones is 1. The molecule has 0 spiro atoms. The molecule has 0 amide bonds. The summed E-state index contributed by atoms with van der Waals surface area (Å²) < 4.78 is 22.5. The maximum absolute atomic E-state index is 12.9. The number of piperidine rings is 1. The molecule has 2 heterocycles. The quantitative estimate of drug-likeness (QED) is 0.465. The van der Waals surface area contributed by atoms with Crippen LogP contribution in [0, 0.1) is 5.92 Å². The average Bonchev–Trinajstić information content (AvgIpc) is 2.81. The van der Waals surface area contributed by atoms with Crippen LogP contribution in [0.15, 0.2) is 48.5 Å². The number of fused-ring (bicyclic) bond motifs is 1. The lowest BCUT2D eigenvalue weighted by Gasteiger charge is -2.31. The summed E-state index contributed by atoms with van der Waals surface area (Å²) in [6.07, 6.45) is 1.76. The van der Waals surface area contributed by atoms with Gasteiger partial charge in [-0.3, -0.25) is 4.79 Å². The highest BCUT2D eigenvalue weighted by molar-refractivity contribution is 5.98. The van der Waals surface area contributed by atoms with E-state index in [9.17, 15) is 4.79 Å². The van der Waals surface area contributed by atoms with E-state index in [4.69, 9.17) is 18.9 Å². The number of hydrogen-bond acceptors (Lipinski definition) is 6. The van der Waals surface area contributed by atoms with Gasteiger partial charge in [-0.1, -0.05) is 18.2 Å². The lowest BCUT2D eigenvalue weighted by molar-refractivity contribution is 0.0648. The Bertz CT molecular complexity index is 818. The average molecular weight is 411 g/mol. The van der Waals surface area contributed by atoms with Crippen molar-refractivity contribution in [2.24, 2.45) is 5.92 Å². The van der Waals surface area contributed by atoms with Crippen LogP contribution in [0.3, 0.4) is 0 Å². The third-order valence-electron chi connectivity index (χ3n) is 5.58. The molecule has 1 fully saturated rings. The van der Waals surface area contributed by atoms with Gasteiger partial charge in [-0.25, -0.2) is 0 Å². The predicted molar refractivity (Wildman–Crippen MR) is 114 cm³/mol. The first-order chi connectivity index (χ1) is 14.8. The molecular formula is C24H29NO5. The van der Waals surface area contributed by atoms with Crippen molar-refractivity contribution < 1.29 is 23.7 Å². The number of likely N-dealkylation sites (tertiary alicyclic amines) is 1. The van der Waals surface area contributed by atoms with Crippen molar-refractivity contribution in [1.82, 2.24) is 4.90 Å². The molecule has 0 N–H and O–H groups in total. The third-order valence-corrected chi connectivity index (χ3v) is 5.58. The molecule has 0 aliphatic carbocycles. The molecule has 0 atom stereocenters. The van der Waals surface area contributed by atoms with Gasteiger partial charge in [0.15, 0.2) is 17.3 Å². The zero-order chi connectivity index (χ0) is 20.6. The monoisotopic (exact) mass is 411 g/mol. The van der Waals surface area contributed by atoms with Crippen LogP contribution in [0.2, 0.25) is 0 Å². The lowest BCUT2D eigenvalue weighted by Crippen LogP contribution is -2.38. The number of para-hydroxylation sites is 1. The first-order valence-electron chi connectivity index (χ1n) is 10.7. The van der Waals surface area contributed by atoms with Gasteiger partial charge in [-0.2, -0.15) is 0 Å². The summed E-state index contributed by atoms with van der Waals surface area (Å²) in [6.45, 7) is 5.63. The molecular weight excluding hydrogens is 382 g/mol. The molecule has 2 aliphatic heterocycles. The minimum absolute atomic E-state index is 0.0731. The summed E-state index contributed by atoms with van der Waals surface area (Å²) in [4.78, 5) is 15.3. The van der Waals surface area contributed by atoms with Crippen LogP contribution < -0.4 is 14.2 Å². The van der Waals surface area contributed by atoms with E-state index in [0.717, 1.165) is 49.5 Å². The number of carbonyl (C=O) groups excluding carboxylic acids is 1. The summed E-state index contributed by atoms with van der Waals surface area (Å²) in [6, 6.07) is 15.3. The second kappa shape index (κ2) is 10.5. The van der Waals surface area contributed by atoms with Gasteiger partial charge < -0.3 is 23.8 Å². The molecule has 0 bridgehead atoms. The first-order valence-corrected chi connectivity index (χ1v) is 10.7. The van der Waals surface area contributed by atoms with Gasteiger partial charge in [0.1, 0.15) is 25.6 Å². The molecule has 160 valence electrons. The van der Waals surface area contributed by atoms with Crippen molar-refractivity contribution in [3.8, 4) is 17.2 Å². The SMILES string of the molecule is O=C(c1ccc2c(c1)OCCO2)C1CCN(CCOCCOc2ccccc2)CC1. The molecule has 2 aromatic rings. The van der Waals surface area contributed by atoms with Gasteiger partial charge in [0.2, 0.25) is 0 Å². The Morgan fingerprint density at radius 2 is 1.70 bits per heavy atom. The van der Waals surface area contributed by atoms with Crippen molar-refractivity contribution in [1.29, 1.82) is 0 Å². The van der Waals surface area contributed by atoms with Gasteiger partial charge in [-0.15, -0.1) is 0 Å². The van der Waals surface area contributed by atoms with E-state index in [2.05, 4.69) is 4.90 Å². The molecule has 1 saturated heterocycles. The number of carbonyl (C=O) groups is 1. The van der Waals surface area contributed by atoms with Crippen LogP contribution in [0.25, 0.3) is 0 Å². The minimum atomic E-state index is 0.0731. The second-order valence-corrected chi connectivity index (χ2v) is 7.61. The Kier molecular flexibility index (Phi) is 7.21. The van der Waals surface area contributed by atoms with Crippen LogP contribution in [0.1, 0.15) is 23.2 Å². The van der Waals surface area contributed by atoms with E-state index in [-0.39, 0.29) is 11.7 Å². The summed E-state index contributed by atoms with van der Waals surface area (Å²) >= 11 is 0. The molecule has 6 nitrogen and oxygen atoms in total. The summed E-state index contributed by atoms with van der Waals surface area (Å²) in [5, 5.41) is 0. The molecule has 2 aromatic carbocycles. The Labute approximate surface area is 177 Å².